The van der Waals surface area contributed by atoms with Crippen molar-refractivity contribution in [2.45, 2.75) is 161 Å². The van der Waals surface area contributed by atoms with Crippen molar-refractivity contribution in [2.24, 2.45) is 16.7 Å². The van der Waals surface area contributed by atoms with E-state index in [0.717, 1.165) is 97.1 Å². The number of piperazine rings is 1. The summed E-state index contributed by atoms with van der Waals surface area (Å²) in [6, 6.07) is 11.0. The molecule has 2 atom stereocenters. The summed E-state index contributed by atoms with van der Waals surface area (Å²) in [6.07, 6.45) is 10.3. The first-order chi connectivity index (χ1) is 44.9. The molecule has 1 spiro atoms. The molecule has 12 rings (SSSR count). The molecule has 1 aliphatic carbocycles. The molecule has 6 saturated heterocycles. The number of hydrogen-bond acceptors (Lipinski definition) is 15. The Morgan fingerprint density at radius 3 is 2.15 bits per heavy atom. The largest absolute Gasteiger partial charge is 0.495 e. The van der Waals surface area contributed by atoms with Crippen molar-refractivity contribution >= 4 is 65.2 Å². The molecule has 8 heterocycles. The normalized spacial score (nSPS) is 20.9. The summed E-state index contributed by atoms with van der Waals surface area (Å²) in [5.74, 6) is 3.71. The number of rotatable bonds is 19. The summed E-state index contributed by atoms with van der Waals surface area (Å²) < 4.78 is 64.4. The zero-order valence-electron chi connectivity index (χ0n) is 56.8. The van der Waals surface area contributed by atoms with Gasteiger partial charge in [0.2, 0.25) is 5.91 Å². The number of carbonyl (C=O) groups excluding carboxylic acids is 4. The van der Waals surface area contributed by atoms with E-state index < -0.39 is 31.3 Å². The highest BCUT2D eigenvalue weighted by atomic mass is 28.3. The van der Waals surface area contributed by atoms with Crippen molar-refractivity contribution < 1.29 is 51.6 Å². The molecule has 5 aromatic rings. The lowest BCUT2D eigenvalue weighted by atomic mass is 9.71. The fourth-order valence-electron chi connectivity index (χ4n) is 16.3. The van der Waals surface area contributed by atoms with E-state index in [-0.39, 0.29) is 83.4 Å². The zero-order valence-corrected chi connectivity index (χ0v) is 57.8. The highest BCUT2D eigenvalue weighted by Crippen LogP contribution is 2.49. The Hall–Kier alpha value is -7.19. The molecule has 2 aromatic heterocycles. The van der Waals surface area contributed by atoms with Crippen LogP contribution in [-0.2, 0) is 14.3 Å². The summed E-state index contributed by atoms with van der Waals surface area (Å²) in [7, 11) is 0.694. The predicted molar refractivity (Wildman–Crippen MR) is 361 cm³/mol. The molecule has 6 aliphatic heterocycles. The van der Waals surface area contributed by atoms with Crippen LogP contribution in [0, 0.1) is 39.8 Å². The molecule has 5 amide bonds. The smallest absolute Gasteiger partial charge is 0.410 e. The number of methoxy groups -OCH3 is 2. The molecule has 7 fully saturated rings. The lowest BCUT2D eigenvalue weighted by Crippen LogP contribution is -2.57. The van der Waals surface area contributed by atoms with Crippen LogP contribution in [0.25, 0.3) is 32.9 Å². The second kappa shape index (κ2) is 26.8. The molecule has 94 heavy (non-hydrogen) atoms. The summed E-state index contributed by atoms with van der Waals surface area (Å²) in [6.45, 7) is 27.8. The molecule has 2 unspecified atom stereocenters. The summed E-state index contributed by atoms with van der Waals surface area (Å²) in [4.78, 5) is 79.5. The SMILES string of the molecule is COCOc1cc(-c2ncc3c(N4CC5CCC(C4)N5C(=O)OC(C)(C)C)nc(OCC4(CN5CC(CCN6CCC7(CC6)CCN(C(=O)c6ccc(OC)c(N8CCC(=O)NC8=O)c6)CC7)C5)CC4)nc3c2F)c2c(C#C[Si](C(C)C)(C(C)C)C(C)C)c(F)ccc2c1. The molecule has 1 N–H and O–H groups in total. The molecule has 504 valence electrons. The van der Waals surface area contributed by atoms with E-state index in [1.165, 1.54) is 25.2 Å². The number of nitrogens with one attached hydrogen (secondary N) is 1. The van der Waals surface area contributed by atoms with Gasteiger partial charge < -0.3 is 43.3 Å². The van der Waals surface area contributed by atoms with Crippen molar-refractivity contribution in [1.82, 2.24) is 39.9 Å². The van der Waals surface area contributed by atoms with Gasteiger partial charge in [0, 0.05) is 94.0 Å². The molecule has 22 heteroatoms. The van der Waals surface area contributed by atoms with Crippen molar-refractivity contribution in [3.05, 3.63) is 71.4 Å². The molecular formula is C72H94F2N10O9Si. The summed E-state index contributed by atoms with van der Waals surface area (Å²) in [5.41, 5.74) is 5.49. The highest BCUT2D eigenvalue weighted by molar-refractivity contribution is 6.90. The Morgan fingerprint density at radius 1 is 0.819 bits per heavy atom. The standard InChI is InChI=1S/C72H94F2N10O9Si/c1-45(2)94(46(3)4,47(5)6)33-20-54-57(73)16-12-49-34-53(92-44-89-10)36-55(61(49)54)63-62(74)64-56(37-75-63)65(82-40-51-14-15-52(41-82)84(51)69(88)93-70(7,8)9)78-67(77-64)91-43-72(21-22-72)42-80-38-48(39-80)18-27-79-29-23-71(24-30-79)25-31-81(32-26-71)66(86)50-13-17-59(90-11)58(35-50)83-28-19-60(85)76-68(83)87/h12-13,16-17,34-37,45-48,51-52H,14-15,18-19,21-32,38-44H2,1-11H3,(H,76,85,87). The van der Waals surface area contributed by atoms with Crippen LogP contribution < -0.4 is 29.3 Å². The van der Waals surface area contributed by atoms with Crippen LogP contribution in [0.4, 0.5) is 29.9 Å². The van der Waals surface area contributed by atoms with Gasteiger partial charge in [0.05, 0.1) is 42.4 Å². The minimum absolute atomic E-state index is 0.0171. The summed E-state index contributed by atoms with van der Waals surface area (Å²) >= 11 is 0. The quantitative estimate of drug-likeness (QED) is 0.0467. The van der Waals surface area contributed by atoms with E-state index in [9.17, 15) is 19.2 Å². The molecule has 19 nitrogen and oxygen atoms in total. The average molecular weight is 1310 g/mol. The molecule has 0 radical (unpaired) electrons. The lowest BCUT2D eigenvalue weighted by Gasteiger charge is -2.47. The minimum atomic E-state index is -2.36. The Kier molecular flexibility index (Phi) is 19.0. The Balaban J connectivity index is 0.726. The first-order valence-electron chi connectivity index (χ1n) is 34.1. The molecule has 7 aliphatic rings. The van der Waals surface area contributed by atoms with Crippen LogP contribution in [0.1, 0.15) is 142 Å². The number of hydrogen-bond donors (Lipinski definition) is 1. The summed E-state index contributed by atoms with van der Waals surface area (Å²) in [5, 5.41) is 3.78. The van der Waals surface area contributed by atoms with E-state index in [1.54, 1.807) is 42.6 Å². The molecule has 2 bridgehead atoms. The van der Waals surface area contributed by atoms with E-state index in [0.29, 0.717) is 106 Å². The predicted octanol–water partition coefficient (Wildman–Crippen LogP) is 12.2. The third-order valence-electron chi connectivity index (χ3n) is 21.6. The van der Waals surface area contributed by atoms with E-state index in [1.807, 2.05) is 30.6 Å². The van der Waals surface area contributed by atoms with Gasteiger partial charge in [0.15, 0.2) is 12.6 Å². The fourth-order valence-corrected chi connectivity index (χ4v) is 21.5. The van der Waals surface area contributed by atoms with Gasteiger partial charge in [-0.05, 0) is 168 Å². The third kappa shape index (κ3) is 13.5. The van der Waals surface area contributed by atoms with Crippen LogP contribution in [0.3, 0.4) is 0 Å². The molecule has 1 saturated carbocycles. The maximum Gasteiger partial charge on any atom is 0.410 e. The van der Waals surface area contributed by atoms with Crippen LogP contribution in [0.2, 0.25) is 16.6 Å². The monoisotopic (exact) mass is 1310 g/mol. The molecule has 3 aromatic carbocycles. The first kappa shape index (κ1) is 66.8. The van der Waals surface area contributed by atoms with Gasteiger partial charge in [-0.25, -0.2) is 18.4 Å². The number of halogens is 2. The first-order valence-corrected chi connectivity index (χ1v) is 36.3. The van der Waals surface area contributed by atoms with Gasteiger partial charge in [0.1, 0.15) is 48.0 Å². The third-order valence-corrected chi connectivity index (χ3v) is 27.9. The van der Waals surface area contributed by atoms with Gasteiger partial charge in [-0.1, -0.05) is 53.5 Å². The number of likely N-dealkylation sites (tertiary alicyclic amines) is 3. The molecular weight excluding hydrogens is 1210 g/mol. The number of piperidine rings is 2. The van der Waals surface area contributed by atoms with Gasteiger partial charge >= 0.3 is 18.1 Å². The maximum atomic E-state index is 18.3. The zero-order chi connectivity index (χ0) is 66.6. The number of anilines is 2. The van der Waals surface area contributed by atoms with Crippen molar-refractivity contribution in [3.63, 3.8) is 0 Å². The van der Waals surface area contributed by atoms with Crippen molar-refractivity contribution in [1.29, 1.82) is 0 Å². The second-order valence-electron chi connectivity index (χ2n) is 29.8. The number of imide groups is 1. The number of aromatic nitrogens is 3. The van der Waals surface area contributed by atoms with Crippen LogP contribution in [-0.4, -0.2) is 184 Å². The number of urea groups is 1. The highest BCUT2D eigenvalue weighted by Gasteiger charge is 2.49. The fraction of sp³-hybridized carbons (Fsp3) is 0.597. The van der Waals surface area contributed by atoms with Gasteiger partial charge in [-0.3, -0.25) is 29.7 Å². The van der Waals surface area contributed by atoms with E-state index >= 15 is 8.78 Å². The Morgan fingerprint density at radius 2 is 1.51 bits per heavy atom. The number of pyridine rings is 1. The van der Waals surface area contributed by atoms with Crippen LogP contribution >= 0.6 is 0 Å². The number of nitrogens with zero attached hydrogens (tertiary/aromatic N) is 9. The van der Waals surface area contributed by atoms with Gasteiger partial charge in [-0.2, -0.15) is 9.97 Å². The number of benzene rings is 3. The number of ether oxygens (including phenoxy) is 5. The topological polar surface area (TPSA) is 185 Å². The number of amides is 5. The second-order valence-corrected chi connectivity index (χ2v) is 35.4. The Labute approximate surface area is 552 Å². The number of fused-ring (bicyclic) bond motifs is 4. The van der Waals surface area contributed by atoms with Crippen LogP contribution in [0.15, 0.2) is 48.7 Å². The average Bonchev–Trinajstić information content (AvgIpc) is 1.03. The van der Waals surface area contributed by atoms with E-state index in [4.69, 9.17) is 38.6 Å². The number of carbonyl (C=O) groups is 4. The Bertz CT molecular complexity index is 3730. The van der Waals surface area contributed by atoms with Crippen molar-refractivity contribution in [3.8, 4) is 40.2 Å². The lowest BCUT2D eigenvalue weighted by molar-refractivity contribution is -0.120. The van der Waals surface area contributed by atoms with E-state index in [2.05, 4.69) is 73.0 Å². The van der Waals surface area contributed by atoms with Crippen molar-refractivity contribution in [2.75, 3.05) is 109 Å². The maximum absolute atomic E-state index is 18.3. The van der Waals surface area contributed by atoms with Crippen LogP contribution in [0.5, 0.6) is 17.5 Å². The van der Waals surface area contributed by atoms with Gasteiger partial charge in [-0.15, -0.1) is 5.54 Å². The van der Waals surface area contributed by atoms with Gasteiger partial charge in [0.25, 0.3) is 5.91 Å². The minimum Gasteiger partial charge on any atom is -0.495 e.